The Labute approximate surface area is 215 Å². The first-order valence-corrected chi connectivity index (χ1v) is 13.1. The van der Waals surface area contributed by atoms with Gasteiger partial charge in [-0.05, 0) is 61.9 Å². The van der Waals surface area contributed by atoms with Gasteiger partial charge in [0.25, 0.3) is 10.0 Å². The first-order valence-electron chi connectivity index (χ1n) is 11.3. The maximum atomic E-state index is 13.7. The van der Waals surface area contributed by atoms with Crippen molar-refractivity contribution in [2.75, 3.05) is 17.4 Å². The molecule has 0 radical (unpaired) electrons. The highest BCUT2D eigenvalue weighted by molar-refractivity contribution is 7.92. The third kappa shape index (κ3) is 6.41. The topological polar surface area (TPSA) is 86.8 Å². The first kappa shape index (κ1) is 27.2. The van der Waals surface area contributed by atoms with E-state index in [-0.39, 0.29) is 17.1 Å². The summed E-state index contributed by atoms with van der Waals surface area (Å²) in [5, 5.41) is 3.10. The van der Waals surface area contributed by atoms with E-state index in [9.17, 15) is 22.4 Å². The Balaban J connectivity index is 2.02. The number of carbonyl (C=O) groups excluding carboxylic acids is 2. The van der Waals surface area contributed by atoms with E-state index in [1.807, 2.05) is 0 Å². The second kappa shape index (κ2) is 12.0. The standard InChI is InChI=1S/C26H27ClFN3O4S/c1-3-29-26(33)19(2)30(17-20-9-7-8-12-24(20)27)25(32)18-31(22-15-13-21(28)14-16-22)36(34,35)23-10-5-4-6-11-23/h4-16,19H,3,17-18H2,1-2H3,(H,29,33). The fourth-order valence-corrected chi connectivity index (χ4v) is 5.20. The number of halogens is 2. The summed E-state index contributed by atoms with van der Waals surface area (Å²) in [6, 6.07) is 18.4. The molecule has 0 aliphatic rings. The van der Waals surface area contributed by atoms with Crippen LogP contribution in [0.4, 0.5) is 10.1 Å². The summed E-state index contributed by atoms with van der Waals surface area (Å²) in [5.74, 6) is -1.57. The molecule has 2 amide bonds. The number of nitrogens with one attached hydrogen (secondary N) is 1. The van der Waals surface area contributed by atoms with Crippen molar-refractivity contribution in [1.82, 2.24) is 10.2 Å². The predicted octanol–water partition coefficient (Wildman–Crippen LogP) is 4.23. The fraction of sp³-hybridized carbons (Fsp3) is 0.231. The smallest absolute Gasteiger partial charge is 0.264 e. The highest BCUT2D eigenvalue weighted by Crippen LogP contribution is 2.25. The molecule has 0 aromatic heterocycles. The summed E-state index contributed by atoms with van der Waals surface area (Å²) in [6.07, 6.45) is 0. The van der Waals surface area contributed by atoms with Gasteiger partial charge in [0.1, 0.15) is 18.4 Å². The van der Waals surface area contributed by atoms with E-state index >= 15 is 0 Å². The average molecular weight is 532 g/mol. The van der Waals surface area contributed by atoms with Crippen LogP contribution in [0.5, 0.6) is 0 Å². The average Bonchev–Trinajstić information content (AvgIpc) is 2.87. The summed E-state index contributed by atoms with van der Waals surface area (Å²) in [6.45, 7) is 3.05. The molecule has 1 N–H and O–H groups in total. The zero-order chi connectivity index (χ0) is 26.3. The number of hydrogen-bond donors (Lipinski definition) is 1. The van der Waals surface area contributed by atoms with Crippen LogP contribution in [0.3, 0.4) is 0 Å². The lowest BCUT2D eigenvalue weighted by Crippen LogP contribution is -2.51. The number of likely N-dealkylation sites (N-methyl/N-ethyl adjacent to an activating group) is 1. The Morgan fingerprint density at radius 2 is 1.58 bits per heavy atom. The minimum atomic E-state index is -4.20. The second-order valence-corrected chi connectivity index (χ2v) is 10.3. The molecule has 0 heterocycles. The van der Waals surface area contributed by atoms with Crippen molar-refractivity contribution >= 4 is 39.1 Å². The van der Waals surface area contributed by atoms with Gasteiger partial charge < -0.3 is 10.2 Å². The SMILES string of the molecule is CCNC(=O)C(C)N(Cc1ccccc1Cl)C(=O)CN(c1ccc(F)cc1)S(=O)(=O)c1ccccc1. The molecule has 1 atom stereocenters. The second-order valence-electron chi connectivity index (χ2n) is 7.98. The number of benzene rings is 3. The molecule has 3 rings (SSSR count). The molecular weight excluding hydrogens is 505 g/mol. The molecule has 0 saturated heterocycles. The highest BCUT2D eigenvalue weighted by atomic mass is 35.5. The van der Waals surface area contributed by atoms with Crippen molar-refractivity contribution in [3.05, 3.63) is 95.3 Å². The molecule has 0 aliphatic heterocycles. The molecule has 0 spiro atoms. The van der Waals surface area contributed by atoms with Gasteiger partial charge in [-0.1, -0.05) is 48.0 Å². The van der Waals surface area contributed by atoms with E-state index < -0.39 is 40.2 Å². The van der Waals surface area contributed by atoms with Crippen molar-refractivity contribution in [2.24, 2.45) is 0 Å². The molecule has 0 fully saturated rings. The molecule has 7 nitrogen and oxygen atoms in total. The molecular formula is C26H27ClFN3O4S. The summed E-state index contributed by atoms with van der Waals surface area (Å²) in [7, 11) is -4.20. The van der Waals surface area contributed by atoms with Crippen molar-refractivity contribution in [2.45, 2.75) is 31.3 Å². The van der Waals surface area contributed by atoms with Crippen molar-refractivity contribution in [3.63, 3.8) is 0 Å². The Kier molecular flexibility index (Phi) is 9.06. The molecule has 10 heteroatoms. The van der Waals surface area contributed by atoms with E-state index in [0.717, 1.165) is 16.4 Å². The maximum Gasteiger partial charge on any atom is 0.264 e. The molecule has 0 bridgehead atoms. The normalized spacial score (nSPS) is 12.0. The van der Waals surface area contributed by atoms with Crippen LogP contribution in [0.25, 0.3) is 0 Å². The summed E-state index contributed by atoms with van der Waals surface area (Å²) >= 11 is 6.31. The largest absolute Gasteiger partial charge is 0.355 e. The maximum absolute atomic E-state index is 13.7. The lowest BCUT2D eigenvalue weighted by molar-refractivity contribution is -0.139. The Morgan fingerprint density at radius 3 is 2.19 bits per heavy atom. The first-order chi connectivity index (χ1) is 17.1. The van der Waals surface area contributed by atoms with Crippen molar-refractivity contribution < 1.29 is 22.4 Å². The van der Waals surface area contributed by atoms with Gasteiger partial charge in [-0.3, -0.25) is 13.9 Å². The van der Waals surface area contributed by atoms with Crippen molar-refractivity contribution in [1.29, 1.82) is 0 Å². The predicted molar refractivity (Wildman–Crippen MR) is 138 cm³/mol. The third-order valence-corrected chi connectivity index (χ3v) is 7.70. The van der Waals surface area contributed by atoms with Gasteiger partial charge in [0.2, 0.25) is 11.8 Å². The number of rotatable bonds is 10. The zero-order valence-corrected chi connectivity index (χ0v) is 21.5. The van der Waals surface area contributed by atoms with Gasteiger partial charge in [-0.25, -0.2) is 12.8 Å². The molecule has 1 unspecified atom stereocenters. The van der Waals surface area contributed by atoms with Crippen LogP contribution >= 0.6 is 11.6 Å². The van der Waals surface area contributed by atoms with Crippen LogP contribution in [0, 0.1) is 5.82 Å². The summed E-state index contributed by atoms with van der Waals surface area (Å²) < 4.78 is 41.6. The van der Waals surface area contributed by atoms with Crippen LogP contribution in [0.1, 0.15) is 19.4 Å². The van der Waals surface area contributed by atoms with Gasteiger partial charge >= 0.3 is 0 Å². The van der Waals surface area contributed by atoms with Crippen LogP contribution in [-0.4, -0.2) is 44.3 Å². The number of carbonyl (C=O) groups is 2. The van der Waals surface area contributed by atoms with Crippen molar-refractivity contribution in [3.8, 4) is 0 Å². The van der Waals surface area contributed by atoms with Crippen LogP contribution in [0.2, 0.25) is 5.02 Å². The number of sulfonamides is 1. The van der Waals surface area contributed by atoms with E-state index in [2.05, 4.69) is 5.32 Å². The minimum Gasteiger partial charge on any atom is -0.355 e. The number of amides is 2. The minimum absolute atomic E-state index is 0.0144. The molecule has 36 heavy (non-hydrogen) atoms. The third-order valence-electron chi connectivity index (χ3n) is 5.54. The van der Waals surface area contributed by atoms with Crippen LogP contribution < -0.4 is 9.62 Å². The summed E-state index contributed by atoms with van der Waals surface area (Å²) in [5.41, 5.74) is 0.708. The fourth-order valence-electron chi connectivity index (χ4n) is 3.57. The molecule has 3 aromatic carbocycles. The lowest BCUT2D eigenvalue weighted by atomic mass is 10.1. The van der Waals surface area contributed by atoms with E-state index in [0.29, 0.717) is 17.1 Å². The monoisotopic (exact) mass is 531 g/mol. The van der Waals surface area contributed by atoms with Gasteiger partial charge in [-0.15, -0.1) is 0 Å². The Bertz CT molecular complexity index is 1300. The van der Waals surface area contributed by atoms with Gasteiger partial charge in [0.15, 0.2) is 0 Å². The summed E-state index contributed by atoms with van der Waals surface area (Å²) in [4.78, 5) is 27.6. The number of hydrogen-bond acceptors (Lipinski definition) is 4. The van der Waals surface area contributed by atoms with E-state index in [1.54, 1.807) is 56.3 Å². The molecule has 190 valence electrons. The quantitative estimate of drug-likeness (QED) is 0.424. The van der Waals surface area contributed by atoms with Gasteiger partial charge in [0, 0.05) is 18.1 Å². The number of anilines is 1. The Morgan fingerprint density at radius 1 is 0.972 bits per heavy atom. The molecule has 0 aliphatic carbocycles. The molecule has 3 aromatic rings. The number of nitrogens with zero attached hydrogens (tertiary/aromatic N) is 2. The van der Waals surface area contributed by atoms with E-state index in [4.69, 9.17) is 11.6 Å². The highest BCUT2D eigenvalue weighted by Gasteiger charge is 2.32. The lowest BCUT2D eigenvalue weighted by Gasteiger charge is -2.32. The molecule has 0 saturated carbocycles. The Hall–Kier alpha value is -3.43. The van der Waals surface area contributed by atoms with Gasteiger partial charge in [0.05, 0.1) is 10.6 Å². The van der Waals surface area contributed by atoms with E-state index in [1.165, 1.54) is 29.2 Å². The van der Waals surface area contributed by atoms with Crippen LogP contribution in [0.15, 0.2) is 83.8 Å². The van der Waals surface area contributed by atoms with Gasteiger partial charge in [-0.2, -0.15) is 0 Å². The zero-order valence-electron chi connectivity index (χ0n) is 19.9. The van der Waals surface area contributed by atoms with Crippen LogP contribution in [-0.2, 0) is 26.2 Å².